The van der Waals surface area contributed by atoms with Gasteiger partial charge in [-0.15, -0.1) is 0 Å². The van der Waals surface area contributed by atoms with Gasteiger partial charge in [-0.1, -0.05) is 18.2 Å². The molecule has 0 fully saturated rings. The summed E-state index contributed by atoms with van der Waals surface area (Å²) < 4.78 is 29.0. The van der Waals surface area contributed by atoms with Crippen molar-refractivity contribution in [2.75, 3.05) is 7.05 Å². The summed E-state index contributed by atoms with van der Waals surface area (Å²) in [6.07, 6.45) is 2.44. The van der Waals surface area contributed by atoms with Gasteiger partial charge >= 0.3 is 6.61 Å². The number of aromatic nitrogens is 1. The Morgan fingerprint density at radius 1 is 1.24 bits per heavy atom. The fraction of sp³-hybridized carbons (Fsp3) is 0.312. The van der Waals surface area contributed by atoms with Gasteiger partial charge in [-0.3, -0.25) is 4.98 Å². The van der Waals surface area contributed by atoms with E-state index in [-0.39, 0.29) is 11.8 Å². The lowest BCUT2D eigenvalue weighted by atomic mass is 9.99. The summed E-state index contributed by atoms with van der Waals surface area (Å²) in [5.41, 5.74) is 2.98. The molecule has 1 aromatic carbocycles. The van der Waals surface area contributed by atoms with Crippen molar-refractivity contribution in [3.63, 3.8) is 0 Å². The third kappa shape index (κ3) is 4.23. The van der Waals surface area contributed by atoms with E-state index < -0.39 is 6.61 Å². The van der Waals surface area contributed by atoms with Gasteiger partial charge in [0.15, 0.2) is 0 Å². The molecule has 5 heteroatoms. The van der Waals surface area contributed by atoms with Crippen LogP contribution in [0.4, 0.5) is 8.78 Å². The molecular formula is C16H18F2N2O. The molecule has 1 aromatic heterocycles. The van der Waals surface area contributed by atoms with E-state index in [1.54, 1.807) is 18.3 Å². The molecule has 1 unspecified atom stereocenters. The molecule has 112 valence electrons. The number of hydrogen-bond donors (Lipinski definition) is 1. The molecular weight excluding hydrogens is 274 g/mol. The molecule has 2 aromatic rings. The summed E-state index contributed by atoms with van der Waals surface area (Å²) in [7, 11) is 1.84. The van der Waals surface area contributed by atoms with E-state index in [9.17, 15) is 8.78 Å². The molecule has 0 spiro atoms. The number of pyridine rings is 1. The third-order valence-corrected chi connectivity index (χ3v) is 3.35. The highest BCUT2D eigenvalue weighted by Gasteiger charge is 2.14. The van der Waals surface area contributed by atoms with Crippen LogP contribution in [0.5, 0.6) is 5.75 Å². The second-order valence-corrected chi connectivity index (χ2v) is 4.76. The maximum Gasteiger partial charge on any atom is 0.387 e. The Morgan fingerprint density at radius 3 is 2.71 bits per heavy atom. The largest absolute Gasteiger partial charge is 0.435 e. The molecule has 1 atom stereocenters. The van der Waals surface area contributed by atoms with Crippen LogP contribution in [0.2, 0.25) is 0 Å². The number of halogens is 2. The number of benzene rings is 1. The zero-order valence-electron chi connectivity index (χ0n) is 12.0. The van der Waals surface area contributed by atoms with Crippen LogP contribution >= 0.6 is 0 Å². The van der Waals surface area contributed by atoms with Gasteiger partial charge in [0.2, 0.25) is 0 Å². The summed E-state index contributed by atoms with van der Waals surface area (Å²) in [4.78, 5) is 4.37. The van der Waals surface area contributed by atoms with Gasteiger partial charge in [-0.2, -0.15) is 8.78 Å². The average Bonchev–Trinajstić information content (AvgIpc) is 2.46. The monoisotopic (exact) mass is 292 g/mol. The van der Waals surface area contributed by atoms with Gasteiger partial charge in [-0.25, -0.2) is 0 Å². The average molecular weight is 292 g/mol. The number of ether oxygens (including phenoxy) is 1. The highest BCUT2D eigenvalue weighted by atomic mass is 19.3. The first kappa shape index (κ1) is 15.4. The zero-order valence-corrected chi connectivity index (χ0v) is 12.0. The van der Waals surface area contributed by atoms with E-state index in [2.05, 4.69) is 15.0 Å². The molecule has 0 saturated heterocycles. The Hall–Kier alpha value is -2.01. The Kier molecular flexibility index (Phi) is 5.22. The highest BCUT2D eigenvalue weighted by Crippen LogP contribution is 2.23. The smallest absolute Gasteiger partial charge is 0.387 e. The van der Waals surface area contributed by atoms with Crippen LogP contribution in [0.1, 0.15) is 22.9 Å². The molecule has 0 aliphatic rings. The molecule has 2 rings (SSSR count). The number of nitrogens with one attached hydrogen (secondary N) is 1. The second kappa shape index (κ2) is 7.13. The van der Waals surface area contributed by atoms with Crippen LogP contribution in [-0.2, 0) is 6.42 Å². The van der Waals surface area contributed by atoms with Crippen molar-refractivity contribution >= 4 is 0 Å². The zero-order chi connectivity index (χ0) is 15.2. The number of aryl methyl sites for hydroxylation is 1. The molecule has 21 heavy (non-hydrogen) atoms. The lowest BCUT2D eigenvalue weighted by Crippen LogP contribution is -2.20. The summed E-state index contributed by atoms with van der Waals surface area (Å²) in [6.45, 7) is -0.808. The van der Waals surface area contributed by atoms with Crippen LogP contribution in [0, 0.1) is 6.92 Å². The molecule has 3 nitrogen and oxygen atoms in total. The van der Waals surface area contributed by atoms with Crippen LogP contribution < -0.4 is 10.1 Å². The Balaban J connectivity index is 2.19. The van der Waals surface area contributed by atoms with Gasteiger partial charge in [0, 0.05) is 24.4 Å². The minimum Gasteiger partial charge on any atom is -0.435 e. The van der Waals surface area contributed by atoms with Crippen LogP contribution in [0.15, 0.2) is 42.6 Å². The van der Waals surface area contributed by atoms with Gasteiger partial charge in [0.25, 0.3) is 0 Å². The normalized spacial score (nSPS) is 12.4. The first-order valence-electron chi connectivity index (χ1n) is 6.72. The number of rotatable bonds is 6. The van der Waals surface area contributed by atoms with Crippen molar-refractivity contribution in [1.29, 1.82) is 0 Å². The summed E-state index contributed by atoms with van der Waals surface area (Å²) in [5, 5.41) is 3.19. The lowest BCUT2D eigenvalue weighted by Gasteiger charge is -2.18. The Morgan fingerprint density at radius 2 is 2.05 bits per heavy atom. The van der Waals surface area contributed by atoms with Crippen molar-refractivity contribution in [3.8, 4) is 5.75 Å². The van der Waals surface area contributed by atoms with Crippen LogP contribution in [0.25, 0.3) is 0 Å². The molecule has 1 heterocycles. The Bertz CT molecular complexity index is 590. The maximum absolute atomic E-state index is 12.3. The number of nitrogens with zero attached hydrogens (tertiary/aromatic N) is 1. The minimum absolute atomic E-state index is 0.0141. The topological polar surface area (TPSA) is 34.2 Å². The van der Waals surface area contributed by atoms with E-state index in [1.807, 2.05) is 32.2 Å². The highest BCUT2D eigenvalue weighted by molar-refractivity contribution is 5.32. The molecule has 1 N–H and O–H groups in total. The minimum atomic E-state index is -2.81. The van der Waals surface area contributed by atoms with Crippen molar-refractivity contribution in [3.05, 3.63) is 59.4 Å². The predicted octanol–water partition coefficient (Wildman–Crippen LogP) is 3.49. The molecule has 0 amide bonds. The lowest BCUT2D eigenvalue weighted by molar-refractivity contribution is -0.0499. The molecule has 0 aliphatic carbocycles. The summed E-state index contributed by atoms with van der Waals surface area (Å²) >= 11 is 0. The van der Waals surface area contributed by atoms with E-state index in [0.29, 0.717) is 6.42 Å². The van der Waals surface area contributed by atoms with E-state index >= 15 is 0 Å². The molecule has 0 radical (unpaired) electrons. The predicted molar refractivity (Wildman–Crippen MR) is 77.6 cm³/mol. The number of likely N-dealkylation sites (N-methyl/N-ethyl adjacent to an activating group) is 1. The first-order chi connectivity index (χ1) is 10.1. The fourth-order valence-electron chi connectivity index (χ4n) is 2.22. The van der Waals surface area contributed by atoms with Crippen molar-refractivity contribution < 1.29 is 13.5 Å². The quantitative estimate of drug-likeness (QED) is 0.885. The third-order valence-electron chi connectivity index (χ3n) is 3.35. The fourth-order valence-corrected chi connectivity index (χ4v) is 2.22. The van der Waals surface area contributed by atoms with Crippen molar-refractivity contribution in [2.45, 2.75) is 26.0 Å². The van der Waals surface area contributed by atoms with E-state index in [0.717, 1.165) is 16.8 Å². The standard InChI is InChI=1S/C16H18F2N2O/c1-11-5-4-8-20-14(11)10-15(19-2)12-6-3-7-13(9-12)21-16(17)18/h3-9,15-16,19H,10H2,1-2H3. The van der Waals surface area contributed by atoms with Gasteiger partial charge in [0.05, 0.1) is 0 Å². The Labute approximate surface area is 123 Å². The number of alkyl halides is 2. The van der Waals surface area contributed by atoms with Gasteiger partial charge < -0.3 is 10.1 Å². The van der Waals surface area contributed by atoms with Gasteiger partial charge in [0.1, 0.15) is 5.75 Å². The molecule has 0 bridgehead atoms. The molecule has 0 saturated carbocycles. The summed E-state index contributed by atoms with van der Waals surface area (Å²) in [6, 6.07) is 10.6. The van der Waals surface area contributed by atoms with Crippen LogP contribution in [0.3, 0.4) is 0 Å². The van der Waals surface area contributed by atoms with Crippen LogP contribution in [-0.4, -0.2) is 18.6 Å². The maximum atomic E-state index is 12.3. The second-order valence-electron chi connectivity index (χ2n) is 4.76. The number of hydrogen-bond acceptors (Lipinski definition) is 3. The van der Waals surface area contributed by atoms with Crippen molar-refractivity contribution in [1.82, 2.24) is 10.3 Å². The SMILES string of the molecule is CNC(Cc1ncccc1C)c1cccc(OC(F)F)c1. The van der Waals surface area contributed by atoms with Gasteiger partial charge in [-0.05, 0) is 43.3 Å². The first-order valence-corrected chi connectivity index (χ1v) is 6.72. The summed E-state index contributed by atoms with van der Waals surface area (Å²) in [5.74, 6) is 0.167. The van der Waals surface area contributed by atoms with E-state index in [4.69, 9.17) is 0 Å². The van der Waals surface area contributed by atoms with E-state index in [1.165, 1.54) is 6.07 Å². The van der Waals surface area contributed by atoms with Crippen molar-refractivity contribution in [2.24, 2.45) is 0 Å². The molecule has 0 aliphatic heterocycles.